The zero-order valence-electron chi connectivity index (χ0n) is 11.6. The summed E-state index contributed by atoms with van der Waals surface area (Å²) >= 11 is 3.22. The molecule has 1 aromatic carbocycles. The zero-order valence-corrected chi connectivity index (χ0v) is 13.1. The summed E-state index contributed by atoms with van der Waals surface area (Å²) in [5.74, 6) is -1.73. The third-order valence-corrected chi connectivity index (χ3v) is 3.59. The number of hydrogen-bond donors (Lipinski definition) is 0. The number of rotatable bonds is 3. The highest BCUT2D eigenvalue weighted by molar-refractivity contribution is 9.10. The first-order valence-electron chi connectivity index (χ1n) is 6.30. The van der Waals surface area contributed by atoms with Crippen LogP contribution in [0.4, 0.5) is 4.39 Å². The van der Waals surface area contributed by atoms with Crippen molar-refractivity contribution in [3.8, 4) is 0 Å². The monoisotopic (exact) mass is 356 g/mol. The molecule has 1 heterocycles. The number of carbonyl (C=O) groups is 2. The molecule has 1 aliphatic heterocycles. The predicted octanol–water partition coefficient (Wildman–Crippen LogP) is 3.10. The maximum Gasteiger partial charge on any atom is 0.348 e. The molecule has 0 spiro atoms. The van der Waals surface area contributed by atoms with E-state index in [9.17, 15) is 14.0 Å². The average molecular weight is 357 g/mol. The highest BCUT2D eigenvalue weighted by Gasteiger charge is 2.46. The molecule has 112 valence electrons. The number of esters is 2. The van der Waals surface area contributed by atoms with E-state index in [-0.39, 0.29) is 12.2 Å². The molecule has 21 heavy (non-hydrogen) atoms. The van der Waals surface area contributed by atoms with Gasteiger partial charge in [-0.15, -0.1) is 0 Å². The first-order chi connectivity index (χ1) is 9.79. The van der Waals surface area contributed by atoms with E-state index >= 15 is 0 Å². The SMILES string of the molecule is CC1(C)COC(=O)[C@@H]1OC(=O)/C=C\c1cc(Br)ccc1F. The fourth-order valence-corrected chi connectivity index (χ4v) is 2.27. The second-order valence-corrected chi connectivity index (χ2v) is 6.33. The number of ether oxygens (including phenoxy) is 2. The Balaban J connectivity index is 2.06. The van der Waals surface area contributed by atoms with E-state index in [2.05, 4.69) is 15.9 Å². The van der Waals surface area contributed by atoms with Crippen molar-refractivity contribution in [1.29, 1.82) is 0 Å². The Kier molecular flexibility index (Phi) is 4.46. The molecule has 6 heteroatoms. The number of hydrogen-bond acceptors (Lipinski definition) is 4. The standard InChI is InChI=1S/C15H14BrFO4/c1-15(2)8-20-14(19)13(15)21-12(18)6-3-9-7-10(16)4-5-11(9)17/h3-7,13H,8H2,1-2H3/b6-3-/t13-/m0/s1. The normalized spacial score (nSPS) is 20.6. The summed E-state index contributed by atoms with van der Waals surface area (Å²) in [5.41, 5.74) is -0.323. The lowest BCUT2D eigenvalue weighted by molar-refractivity contribution is -0.159. The molecule has 0 radical (unpaired) electrons. The Bertz CT molecular complexity index is 610. The van der Waals surface area contributed by atoms with Gasteiger partial charge in [-0.2, -0.15) is 0 Å². The smallest absolute Gasteiger partial charge is 0.348 e. The van der Waals surface area contributed by atoms with Crippen molar-refractivity contribution in [2.75, 3.05) is 6.61 Å². The number of benzene rings is 1. The molecule has 0 aliphatic carbocycles. The lowest BCUT2D eigenvalue weighted by Crippen LogP contribution is -2.34. The molecule has 1 fully saturated rings. The van der Waals surface area contributed by atoms with Gasteiger partial charge in [-0.1, -0.05) is 29.8 Å². The molecule has 0 N–H and O–H groups in total. The topological polar surface area (TPSA) is 52.6 Å². The first-order valence-corrected chi connectivity index (χ1v) is 7.09. The molecule has 0 unspecified atom stereocenters. The van der Waals surface area contributed by atoms with Crippen LogP contribution in [0.25, 0.3) is 6.08 Å². The molecular weight excluding hydrogens is 343 g/mol. The van der Waals surface area contributed by atoms with E-state index in [1.54, 1.807) is 19.9 Å². The lowest BCUT2D eigenvalue weighted by Gasteiger charge is -2.20. The maximum absolute atomic E-state index is 13.5. The summed E-state index contributed by atoms with van der Waals surface area (Å²) in [4.78, 5) is 23.3. The first kappa shape index (κ1) is 15.7. The molecule has 1 aliphatic rings. The molecule has 1 saturated heterocycles. The van der Waals surface area contributed by atoms with E-state index in [0.717, 1.165) is 6.08 Å². The van der Waals surface area contributed by atoms with Gasteiger partial charge in [-0.05, 0) is 24.3 Å². The Hall–Kier alpha value is -1.69. The number of halogens is 2. The van der Waals surface area contributed by atoms with Crippen molar-refractivity contribution in [3.05, 3.63) is 40.1 Å². The molecule has 1 atom stereocenters. The minimum atomic E-state index is -0.943. The van der Waals surface area contributed by atoms with E-state index in [0.29, 0.717) is 4.47 Å². The van der Waals surface area contributed by atoms with Gasteiger partial charge >= 0.3 is 11.9 Å². The summed E-state index contributed by atoms with van der Waals surface area (Å²) in [7, 11) is 0. The summed E-state index contributed by atoms with van der Waals surface area (Å²) in [6.07, 6.45) is 1.45. The van der Waals surface area contributed by atoms with E-state index in [1.165, 1.54) is 18.2 Å². The largest absolute Gasteiger partial charge is 0.462 e. The Morgan fingerprint density at radius 2 is 2.24 bits per heavy atom. The number of carbonyl (C=O) groups excluding carboxylic acids is 2. The molecule has 0 amide bonds. The molecule has 0 saturated carbocycles. The fourth-order valence-electron chi connectivity index (χ4n) is 1.89. The summed E-state index contributed by atoms with van der Waals surface area (Å²) in [5, 5.41) is 0. The summed E-state index contributed by atoms with van der Waals surface area (Å²) in [6, 6.07) is 4.38. The van der Waals surface area contributed by atoms with Gasteiger partial charge in [0, 0.05) is 21.5 Å². The zero-order chi connectivity index (χ0) is 15.6. The van der Waals surface area contributed by atoms with Gasteiger partial charge in [0.1, 0.15) is 12.4 Å². The van der Waals surface area contributed by atoms with Crippen LogP contribution in [0.15, 0.2) is 28.7 Å². The highest BCUT2D eigenvalue weighted by atomic mass is 79.9. The van der Waals surface area contributed by atoms with Crippen LogP contribution >= 0.6 is 15.9 Å². The van der Waals surface area contributed by atoms with Gasteiger partial charge in [-0.25, -0.2) is 14.0 Å². The predicted molar refractivity (Wildman–Crippen MR) is 77.8 cm³/mol. The molecule has 4 nitrogen and oxygen atoms in total. The molecule has 0 bridgehead atoms. The minimum Gasteiger partial charge on any atom is -0.462 e. The Labute approximate surface area is 130 Å². The van der Waals surface area contributed by atoms with Crippen LogP contribution in [0, 0.1) is 11.2 Å². The van der Waals surface area contributed by atoms with Gasteiger partial charge in [0.2, 0.25) is 6.10 Å². The molecule has 2 rings (SSSR count). The third kappa shape index (κ3) is 3.69. The van der Waals surface area contributed by atoms with Crippen LogP contribution in [-0.2, 0) is 19.1 Å². The quantitative estimate of drug-likeness (QED) is 0.616. The Morgan fingerprint density at radius 1 is 1.52 bits per heavy atom. The Morgan fingerprint density at radius 3 is 2.86 bits per heavy atom. The molecular formula is C15H14BrFO4. The minimum absolute atomic E-state index is 0.202. The van der Waals surface area contributed by atoms with E-state index < -0.39 is 29.3 Å². The van der Waals surface area contributed by atoms with Crippen LogP contribution in [0.1, 0.15) is 19.4 Å². The van der Waals surface area contributed by atoms with Crippen LogP contribution in [-0.4, -0.2) is 24.6 Å². The van der Waals surface area contributed by atoms with Crippen LogP contribution in [0.2, 0.25) is 0 Å². The van der Waals surface area contributed by atoms with E-state index in [1.807, 2.05) is 0 Å². The van der Waals surface area contributed by atoms with Crippen molar-refractivity contribution in [2.24, 2.45) is 5.41 Å². The molecule has 0 aromatic heterocycles. The van der Waals surface area contributed by atoms with Gasteiger partial charge in [0.15, 0.2) is 0 Å². The number of cyclic esters (lactones) is 1. The van der Waals surface area contributed by atoms with Crippen molar-refractivity contribution >= 4 is 33.9 Å². The fraction of sp³-hybridized carbons (Fsp3) is 0.333. The average Bonchev–Trinajstić information content (AvgIpc) is 2.67. The highest BCUT2D eigenvalue weighted by Crippen LogP contribution is 2.31. The van der Waals surface area contributed by atoms with Crippen LogP contribution < -0.4 is 0 Å². The van der Waals surface area contributed by atoms with Crippen molar-refractivity contribution in [3.63, 3.8) is 0 Å². The second-order valence-electron chi connectivity index (χ2n) is 5.41. The van der Waals surface area contributed by atoms with Crippen LogP contribution in [0.3, 0.4) is 0 Å². The summed E-state index contributed by atoms with van der Waals surface area (Å²) < 4.78 is 24.2. The lowest BCUT2D eigenvalue weighted by atomic mass is 9.90. The van der Waals surface area contributed by atoms with Gasteiger partial charge in [0.05, 0.1) is 0 Å². The second kappa shape index (κ2) is 5.97. The third-order valence-electron chi connectivity index (χ3n) is 3.10. The molecule has 1 aromatic rings. The van der Waals surface area contributed by atoms with Crippen molar-refractivity contribution in [2.45, 2.75) is 20.0 Å². The van der Waals surface area contributed by atoms with Crippen molar-refractivity contribution < 1.29 is 23.5 Å². The van der Waals surface area contributed by atoms with Gasteiger partial charge in [-0.3, -0.25) is 0 Å². The van der Waals surface area contributed by atoms with Gasteiger partial charge in [0.25, 0.3) is 0 Å². The van der Waals surface area contributed by atoms with E-state index in [4.69, 9.17) is 9.47 Å². The van der Waals surface area contributed by atoms with Crippen LogP contribution in [0.5, 0.6) is 0 Å². The maximum atomic E-state index is 13.5. The van der Waals surface area contributed by atoms with Gasteiger partial charge < -0.3 is 9.47 Å². The van der Waals surface area contributed by atoms with Crippen molar-refractivity contribution in [1.82, 2.24) is 0 Å². The summed E-state index contributed by atoms with van der Waals surface area (Å²) in [6.45, 7) is 3.74.